The van der Waals surface area contributed by atoms with Crippen LogP contribution in [-0.2, 0) is 11.3 Å². The van der Waals surface area contributed by atoms with Crippen molar-refractivity contribution in [2.24, 2.45) is 0 Å². The molecule has 0 radical (unpaired) electrons. The van der Waals surface area contributed by atoms with E-state index in [0.717, 1.165) is 0 Å². The number of anilines is 1. The molecule has 144 valence electrons. The third-order valence-electron chi connectivity index (χ3n) is 4.21. The summed E-state index contributed by atoms with van der Waals surface area (Å²) in [5, 5.41) is 16.9. The molecule has 1 amide bonds. The molecule has 0 saturated carbocycles. The van der Waals surface area contributed by atoms with Crippen LogP contribution in [0.1, 0.15) is 5.82 Å². The molecule has 1 aromatic heterocycles. The maximum Gasteiger partial charge on any atom is 0.269 e. The Morgan fingerprint density at radius 1 is 1.14 bits per heavy atom. The maximum atomic E-state index is 12.6. The standard InChI is InChI=1S/C19H19N5O4/c1-13-22-17-5-3-2-4-16(17)19(26)23(13)12-18(25)21-11-10-20-14-6-8-15(9-7-14)24(27)28/h2-9,20H,10-12H2,1H3,(H,21,25). The average molecular weight is 381 g/mol. The van der Waals surface area contributed by atoms with Crippen LogP contribution in [0.5, 0.6) is 0 Å². The van der Waals surface area contributed by atoms with E-state index in [4.69, 9.17) is 0 Å². The molecule has 9 heteroatoms. The van der Waals surface area contributed by atoms with E-state index in [2.05, 4.69) is 15.6 Å². The van der Waals surface area contributed by atoms with Gasteiger partial charge in [-0.3, -0.25) is 24.3 Å². The molecule has 0 aliphatic rings. The summed E-state index contributed by atoms with van der Waals surface area (Å²) < 4.78 is 1.35. The van der Waals surface area contributed by atoms with E-state index in [1.165, 1.54) is 16.7 Å². The number of nitrogens with zero attached hydrogens (tertiary/aromatic N) is 3. The van der Waals surface area contributed by atoms with Crippen LogP contribution in [-0.4, -0.2) is 33.5 Å². The van der Waals surface area contributed by atoms with Crippen molar-refractivity contribution < 1.29 is 9.72 Å². The van der Waals surface area contributed by atoms with Crippen LogP contribution >= 0.6 is 0 Å². The highest BCUT2D eigenvalue weighted by atomic mass is 16.6. The largest absolute Gasteiger partial charge is 0.383 e. The van der Waals surface area contributed by atoms with Crippen LogP contribution in [0.3, 0.4) is 0 Å². The van der Waals surface area contributed by atoms with Crippen LogP contribution < -0.4 is 16.2 Å². The first-order valence-electron chi connectivity index (χ1n) is 8.67. The third kappa shape index (κ3) is 4.32. The van der Waals surface area contributed by atoms with E-state index >= 15 is 0 Å². The van der Waals surface area contributed by atoms with Crippen LogP contribution in [0.2, 0.25) is 0 Å². The smallest absolute Gasteiger partial charge is 0.269 e. The monoisotopic (exact) mass is 381 g/mol. The SMILES string of the molecule is Cc1nc2ccccc2c(=O)n1CC(=O)NCCNc1ccc([N+](=O)[O-])cc1. The van der Waals surface area contributed by atoms with Crippen molar-refractivity contribution in [3.63, 3.8) is 0 Å². The van der Waals surface area contributed by atoms with Gasteiger partial charge in [-0.25, -0.2) is 4.98 Å². The van der Waals surface area contributed by atoms with Crippen LogP contribution in [0.25, 0.3) is 10.9 Å². The molecule has 0 spiro atoms. The van der Waals surface area contributed by atoms with Gasteiger partial charge in [0.25, 0.3) is 11.2 Å². The van der Waals surface area contributed by atoms with E-state index in [1.54, 1.807) is 37.3 Å². The number of nitro benzene ring substituents is 1. The number of para-hydroxylation sites is 1. The summed E-state index contributed by atoms with van der Waals surface area (Å²) in [4.78, 5) is 39.3. The number of carbonyl (C=O) groups excluding carboxylic acids is 1. The topological polar surface area (TPSA) is 119 Å². The Kier molecular flexibility index (Phi) is 5.64. The van der Waals surface area contributed by atoms with Gasteiger partial charge in [-0.1, -0.05) is 12.1 Å². The predicted octanol–water partition coefficient (Wildman–Crippen LogP) is 1.84. The van der Waals surface area contributed by atoms with Gasteiger partial charge in [0.1, 0.15) is 12.4 Å². The fourth-order valence-corrected chi connectivity index (χ4v) is 2.77. The zero-order chi connectivity index (χ0) is 20.1. The van der Waals surface area contributed by atoms with Gasteiger partial charge in [0.2, 0.25) is 5.91 Å². The van der Waals surface area contributed by atoms with Crippen molar-refractivity contribution in [2.45, 2.75) is 13.5 Å². The first-order valence-corrected chi connectivity index (χ1v) is 8.67. The number of nitro groups is 1. The number of rotatable bonds is 7. The molecular weight excluding hydrogens is 362 g/mol. The minimum atomic E-state index is -0.463. The third-order valence-corrected chi connectivity index (χ3v) is 4.21. The zero-order valence-electron chi connectivity index (χ0n) is 15.2. The Labute approximate surface area is 160 Å². The Balaban J connectivity index is 1.54. The fourth-order valence-electron chi connectivity index (χ4n) is 2.77. The molecule has 2 N–H and O–H groups in total. The molecule has 3 rings (SSSR count). The lowest BCUT2D eigenvalue weighted by atomic mass is 10.2. The summed E-state index contributed by atoms with van der Waals surface area (Å²) in [6.07, 6.45) is 0. The summed E-state index contributed by atoms with van der Waals surface area (Å²) in [6.45, 7) is 2.36. The van der Waals surface area contributed by atoms with Crippen molar-refractivity contribution in [2.75, 3.05) is 18.4 Å². The predicted molar refractivity (Wildman–Crippen MR) is 105 cm³/mol. The number of hydrogen-bond donors (Lipinski definition) is 2. The molecule has 3 aromatic rings. The van der Waals surface area contributed by atoms with Gasteiger partial charge in [0.15, 0.2) is 0 Å². The van der Waals surface area contributed by atoms with Gasteiger partial charge in [-0.05, 0) is 31.2 Å². The van der Waals surface area contributed by atoms with Gasteiger partial charge in [0.05, 0.1) is 15.8 Å². The second-order valence-corrected chi connectivity index (χ2v) is 6.15. The normalized spacial score (nSPS) is 10.6. The number of nitrogens with one attached hydrogen (secondary N) is 2. The molecule has 0 atom stereocenters. The highest BCUT2D eigenvalue weighted by Gasteiger charge is 2.11. The van der Waals surface area contributed by atoms with Crippen molar-refractivity contribution in [3.8, 4) is 0 Å². The van der Waals surface area contributed by atoms with Crippen molar-refractivity contribution >= 4 is 28.2 Å². The number of benzene rings is 2. The second kappa shape index (κ2) is 8.30. The number of aromatic nitrogens is 2. The fraction of sp³-hybridized carbons (Fsp3) is 0.211. The maximum absolute atomic E-state index is 12.6. The first-order chi connectivity index (χ1) is 13.5. The number of non-ortho nitro benzene ring substituents is 1. The average Bonchev–Trinajstić information content (AvgIpc) is 2.69. The summed E-state index contributed by atoms with van der Waals surface area (Å²) in [6, 6.07) is 13.0. The van der Waals surface area contributed by atoms with Gasteiger partial charge in [-0.15, -0.1) is 0 Å². The number of fused-ring (bicyclic) bond motifs is 1. The lowest BCUT2D eigenvalue weighted by molar-refractivity contribution is -0.384. The van der Waals surface area contributed by atoms with Crippen molar-refractivity contribution in [1.82, 2.24) is 14.9 Å². The molecule has 28 heavy (non-hydrogen) atoms. The van der Waals surface area contributed by atoms with Crippen LogP contribution in [0.15, 0.2) is 53.3 Å². The van der Waals surface area contributed by atoms with E-state index in [-0.39, 0.29) is 23.7 Å². The van der Waals surface area contributed by atoms with E-state index in [0.29, 0.717) is 35.5 Å². The molecule has 0 aliphatic heterocycles. The van der Waals surface area contributed by atoms with E-state index < -0.39 is 4.92 Å². The molecular formula is C19H19N5O4. The van der Waals surface area contributed by atoms with Crippen molar-refractivity contribution in [3.05, 3.63) is 74.8 Å². The minimum absolute atomic E-state index is 0.0173. The van der Waals surface area contributed by atoms with E-state index in [9.17, 15) is 19.7 Å². The number of hydrogen-bond acceptors (Lipinski definition) is 6. The lowest BCUT2D eigenvalue weighted by Gasteiger charge is -2.11. The molecule has 0 aliphatic carbocycles. The van der Waals surface area contributed by atoms with Crippen LogP contribution in [0.4, 0.5) is 11.4 Å². The Hall–Kier alpha value is -3.75. The number of aryl methyl sites for hydroxylation is 1. The molecule has 0 saturated heterocycles. The molecule has 2 aromatic carbocycles. The highest BCUT2D eigenvalue weighted by Crippen LogP contribution is 2.14. The summed E-state index contributed by atoms with van der Waals surface area (Å²) in [7, 11) is 0. The summed E-state index contributed by atoms with van der Waals surface area (Å²) in [5.41, 5.74) is 1.09. The molecule has 0 unspecified atom stereocenters. The summed E-state index contributed by atoms with van der Waals surface area (Å²) >= 11 is 0. The Morgan fingerprint density at radius 2 is 1.86 bits per heavy atom. The van der Waals surface area contributed by atoms with Gasteiger partial charge >= 0.3 is 0 Å². The molecule has 0 fully saturated rings. The minimum Gasteiger partial charge on any atom is -0.383 e. The number of carbonyl (C=O) groups is 1. The molecule has 0 bridgehead atoms. The first kappa shape index (κ1) is 19.0. The van der Waals surface area contributed by atoms with Crippen LogP contribution in [0, 0.1) is 17.0 Å². The quantitative estimate of drug-likeness (QED) is 0.366. The molecule has 9 nitrogen and oxygen atoms in total. The van der Waals surface area contributed by atoms with Crippen molar-refractivity contribution in [1.29, 1.82) is 0 Å². The van der Waals surface area contributed by atoms with E-state index in [1.807, 2.05) is 6.07 Å². The Bertz CT molecular complexity index is 1080. The second-order valence-electron chi connectivity index (χ2n) is 6.15. The molecule has 1 heterocycles. The zero-order valence-corrected chi connectivity index (χ0v) is 15.2. The van der Waals surface area contributed by atoms with Gasteiger partial charge in [0, 0.05) is 30.9 Å². The number of amides is 1. The van der Waals surface area contributed by atoms with Gasteiger partial charge < -0.3 is 10.6 Å². The van der Waals surface area contributed by atoms with Gasteiger partial charge in [-0.2, -0.15) is 0 Å². The summed E-state index contributed by atoms with van der Waals surface area (Å²) in [5.74, 6) is 0.177. The highest BCUT2D eigenvalue weighted by molar-refractivity contribution is 5.79. The lowest BCUT2D eigenvalue weighted by Crippen LogP contribution is -2.36. The Morgan fingerprint density at radius 3 is 2.57 bits per heavy atom.